The van der Waals surface area contributed by atoms with Crippen molar-refractivity contribution < 1.29 is 19.1 Å². The van der Waals surface area contributed by atoms with E-state index in [-0.39, 0.29) is 18.4 Å². The fourth-order valence-electron chi connectivity index (χ4n) is 6.67. The highest BCUT2D eigenvalue weighted by molar-refractivity contribution is 6.00. The Morgan fingerprint density at radius 3 is 2.19 bits per heavy atom. The number of piperidine rings is 2. The topological polar surface area (TPSA) is 94.2 Å². The van der Waals surface area contributed by atoms with Gasteiger partial charge in [0.1, 0.15) is 18.2 Å². The second kappa shape index (κ2) is 15.3. The van der Waals surface area contributed by atoms with Gasteiger partial charge in [-0.1, -0.05) is 67.1 Å². The fourth-order valence-corrected chi connectivity index (χ4v) is 6.67. The molecule has 0 aliphatic carbocycles. The van der Waals surface area contributed by atoms with Gasteiger partial charge in [-0.3, -0.25) is 9.59 Å². The van der Waals surface area contributed by atoms with Crippen LogP contribution in [0.4, 0.5) is 4.79 Å². The molecule has 3 fully saturated rings. The Labute approximate surface area is 255 Å². The molecule has 3 saturated heterocycles. The van der Waals surface area contributed by atoms with Crippen LogP contribution < -0.4 is 10.6 Å². The molecule has 3 amide bonds. The zero-order chi connectivity index (χ0) is 29.9. The summed E-state index contributed by atoms with van der Waals surface area (Å²) in [5.74, 6) is -0.00492. The minimum absolute atomic E-state index is 0.0148. The van der Waals surface area contributed by atoms with Crippen LogP contribution in [0.1, 0.15) is 56.1 Å². The molecule has 2 aromatic rings. The van der Waals surface area contributed by atoms with E-state index in [4.69, 9.17) is 4.74 Å². The number of carbonyl (C=O) groups is 3. The Morgan fingerprint density at radius 1 is 0.837 bits per heavy atom. The van der Waals surface area contributed by atoms with Crippen LogP contribution in [-0.4, -0.2) is 96.5 Å². The minimum atomic E-state index is -0.786. The molecule has 0 unspecified atom stereocenters. The van der Waals surface area contributed by atoms with Crippen molar-refractivity contribution in [2.24, 2.45) is 0 Å². The molecule has 43 heavy (non-hydrogen) atoms. The summed E-state index contributed by atoms with van der Waals surface area (Å²) >= 11 is 0. The average Bonchev–Trinajstić information content (AvgIpc) is 3.05. The van der Waals surface area contributed by atoms with Gasteiger partial charge in [0.2, 0.25) is 11.8 Å². The summed E-state index contributed by atoms with van der Waals surface area (Å²) in [6.07, 6.45) is 6.50. The number of amides is 3. The largest absolute Gasteiger partial charge is 0.445 e. The molecule has 1 spiro atoms. The van der Waals surface area contributed by atoms with Crippen LogP contribution in [0.3, 0.4) is 0 Å². The second-order valence-electron chi connectivity index (χ2n) is 12.2. The van der Waals surface area contributed by atoms with E-state index in [1.165, 1.54) is 24.8 Å². The molecule has 232 valence electrons. The van der Waals surface area contributed by atoms with E-state index < -0.39 is 17.7 Å². The molecule has 0 aromatic heterocycles. The van der Waals surface area contributed by atoms with Gasteiger partial charge in [0, 0.05) is 39.3 Å². The average molecular weight is 590 g/mol. The van der Waals surface area contributed by atoms with E-state index in [0.717, 1.165) is 51.3 Å². The molecule has 0 radical (unpaired) electrons. The standard InChI is InChI=1S/C34H47N5O4/c40-31-30(15-10-19-35-33(42)43-27-29-13-6-2-7-14-29)36-32(41)34(39(31)26-25-37-20-8-3-9-21-37)17-23-38(24-18-34)22-16-28-11-4-1-5-12-28/h1-2,4-7,11-14,30H,3,8-10,15-27H2,(H,35,42)(H,36,41)/t30-/m0/s1. The highest BCUT2D eigenvalue weighted by Crippen LogP contribution is 2.34. The Balaban J connectivity index is 1.14. The first-order valence-corrected chi connectivity index (χ1v) is 16.1. The molecule has 2 N–H and O–H groups in total. The summed E-state index contributed by atoms with van der Waals surface area (Å²) in [6, 6.07) is 19.5. The van der Waals surface area contributed by atoms with Gasteiger partial charge in [0.15, 0.2) is 0 Å². The molecular formula is C34H47N5O4. The van der Waals surface area contributed by atoms with Crippen LogP contribution in [0.5, 0.6) is 0 Å². The normalized spacial score (nSPS) is 21.0. The lowest BCUT2D eigenvalue weighted by molar-refractivity contribution is -0.161. The van der Waals surface area contributed by atoms with E-state index in [0.29, 0.717) is 38.8 Å². The van der Waals surface area contributed by atoms with Crippen LogP contribution in [0, 0.1) is 0 Å². The molecule has 2 aromatic carbocycles. The van der Waals surface area contributed by atoms with Gasteiger partial charge in [-0.2, -0.15) is 0 Å². The SMILES string of the molecule is O=C(NCCC[C@@H]1NC(=O)C2(CCN(CCc3ccccc3)CC2)N(CCN2CCCCC2)C1=O)OCc1ccccc1. The molecule has 3 aliphatic heterocycles. The summed E-state index contributed by atoms with van der Waals surface area (Å²) in [7, 11) is 0. The predicted octanol–water partition coefficient (Wildman–Crippen LogP) is 3.58. The van der Waals surface area contributed by atoms with Crippen molar-refractivity contribution in [1.29, 1.82) is 0 Å². The Bertz CT molecular complexity index is 1180. The second-order valence-corrected chi connectivity index (χ2v) is 12.2. The third-order valence-corrected chi connectivity index (χ3v) is 9.29. The lowest BCUT2D eigenvalue weighted by atomic mass is 9.81. The van der Waals surface area contributed by atoms with Crippen molar-refractivity contribution in [2.45, 2.75) is 69.6 Å². The van der Waals surface area contributed by atoms with E-state index in [1.54, 1.807) is 0 Å². The number of rotatable bonds is 12. The van der Waals surface area contributed by atoms with Crippen molar-refractivity contribution in [2.75, 3.05) is 52.4 Å². The number of nitrogens with zero attached hydrogens (tertiary/aromatic N) is 3. The van der Waals surface area contributed by atoms with Crippen molar-refractivity contribution in [3.63, 3.8) is 0 Å². The predicted molar refractivity (Wildman–Crippen MR) is 166 cm³/mol. The van der Waals surface area contributed by atoms with E-state index in [1.807, 2.05) is 41.3 Å². The summed E-state index contributed by atoms with van der Waals surface area (Å²) in [5.41, 5.74) is 1.46. The maximum Gasteiger partial charge on any atom is 0.407 e. The molecule has 9 heteroatoms. The lowest BCUT2D eigenvalue weighted by Gasteiger charge is -2.52. The number of hydrogen-bond acceptors (Lipinski definition) is 6. The Kier molecular flexibility index (Phi) is 11.1. The van der Waals surface area contributed by atoms with Crippen molar-refractivity contribution >= 4 is 17.9 Å². The summed E-state index contributed by atoms with van der Waals surface area (Å²) in [6.45, 7) is 6.64. The van der Waals surface area contributed by atoms with Crippen LogP contribution >= 0.6 is 0 Å². The lowest BCUT2D eigenvalue weighted by Crippen LogP contribution is -2.73. The number of nitrogens with one attached hydrogen (secondary N) is 2. The molecule has 1 atom stereocenters. The number of benzene rings is 2. The molecule has 5 rings (SSSR count). The molecule has 9 nitrogen and oxygen atoms in total. The Hall–Kier alpha value is -3.43. The molecular weight excluding hydrogens is 542 g/mol. The highest BCUT2D eigenvalue weighted by atomic mass is 16.5. The van der Waals surface area contributed by atoms with E-state index >= 15 is 0 Å². The molecule has 0 bridgehead atoms. The summed E-state index contributed by atoms with van der Waals surface area (Å²) < 4.78 is 5.29. The molecule has 3 heterocycles. The number of ether oxygens (including phenoxy) is 1. The van der Waals surface area contributed by atoms with Gasteiger partial charge in [-0.25, -0.2) is 4.79 Å². The van der Waals surface area contributed by atoms with Gasteiger partial charge in [-0.05, 0) is 69.2 Å². The van der Waals surface area contributed by atoms with Gasteiger partial charge < -0.3 is 30.1 Å². The van der Waals surface area contributed by atoms with Crippen molar-refractivity contribution in [1.82, 2.24) is 25.3 Å². The van der Waals surface area contributed by atoms with Crippen LogP contribution in [0.15, 0.2) is 60.7 Å². The Morgan fingerprint density at radius 2 is 1.49 bits per heavy atom. The number of carbonyl (C=O) groups excluding carboxylic acids is 3. The van der Waals surface area contributed by atoms with Gasteiger partial charge >= 0.3 is 6.09 Å². The number of hydrogen-bond donors (Lipinski definition) is 2. The van der Waals surface area contributed by atoms with E-state index in [9.17, 15) is 14.4 Å². The molecule has 0 saturated carbocycles. The van der Waals surface area contributed by atoms with E-state index in [2.05, 4.69) is 44.7 Å². The highest BCUT2D eigenvalue weighted by Gasteiger charge is 2.53. The number of likely N-dealkylation sites (tertiary alicyclic amines) is 2. The zero-order valence-corrected chi connectivity index (χ0v) is 25.3. The summed E-state index contributed by atoms with van der Waals surface area (Å²) in [5, 5.41) is 5.87. The third kappa shape index (κ3) is 8.36. The van der Waals surface area contributed by atoms with Gasteiger partial charge in [-0.15, -0.1) is 0 Å². The maximum absolute atomic E-state index is 14.0. The van der Waals surface area contributed by atoms with Crippen molar-refractivity contribution in [3.8, 4) is 0 Å². The van der Waals surface area contributed by atoms with Crippen LogP contribution in [0.25, 0.3) is 0 Å². The van der Waals surface area contributed by atoms with Crippen molar-refractivity contribution in [3.05, 3.63) is 71.8 Å². The maximum atomic E-state index is 14.0. The zero-order valence-electron chi connectivity index (χ0n) is 25.3. The first-order chi connectivity index (χ1) is 21.0. The van der Waals surface area contributed by atoms with Crippen LogP contribution in [0.2, 0.25) is 0 Å². The monoisotopic (exact) mass is 589 g/mol. The smallest absolute Gasteiger partial charge is 0.407 e. The third-order valence-electron chi connectivity index (χ3n) is 9.29. The van der Waals surface area contributed by atoms with Gasteiger partial charge in [0.05, 0.1) is 0 Å². The van der Waals surface area contributed by atoms with Crippen LogP contribution in [-0.2, 0) is 27.4 Å². The summed E-state index contributed by atoms with van der Waals surface area (Å²) in [4.78, 5) is 46.7. The van der Waals surface area contributed by atoms with Gasteiger partial charge in [0.25, 0.3) is 0 Å². The first kappa shape index (κ1) is 31.0. The quantitative estimate of drug-likeness (QED) is 0.368. The minimum Gasteiger partial charge on any atom is -0.445 e. The first-order valence-electron chi connectivity index (χ1n) is 16.1. The molecule has 3 aliphatic rings. The fraction of sp³-hybridized carbons (Fsp3) is 0.559. The number of piperazine rings is 1. The number of alkyl carbamates (subject to hydrolysis) is 1.